The molecule has 88 valence electrons. The smallest absolute Gasteiger partial charge is 0.146 e. The second-order valence-corrected chi connectivity index (χ2v) is 5.27. The van der Waals surface area contributed by atoms with E-state index >= 15 is 0 Å². The molecule has 0 amide bonds. The first-order valence-corrected chi connectivity index (χ1v) is 6.54. The summed E-state index contributed by atoms with van der Waals surface area (Å²) in [6, 6.07) is 5.06. The summed E-state index contributed by atoms with van der Waals surface area (Å²) in [6.07, 6.45) is 2.20. The third kappa shape index (κ3) is 3.12. The highest BCUT2D eigenvalue weighted by Gasteiger charge is 2.14. The zero-order chi connectivity index (χ0) is 11.4. The maximum atomic E-state index is 13.2. The molecule has 2 nitrogen and oxygen atoms in total. The van der Waals surface area contributed by atoms with Gasteiger partial charge in [0.2, 0.25) is 0 Å². The van der Waals surface area contributed by atoms with E-state index in [4.69, 9.17) is 10.5 Å². The Labute approximate surface area is 99.4 Å². The quantitative estimate of drug-likeness (QED) is 0.826. The zero-order valence-electron chi connectivity index (χ0n) is 9.12. The Bertz CT molecular complexity index is 353. The molecule has 1 aliphatic heterocycles. The average Bonchev–Trinajstić information content (AvgIpc) is 2.32. The number of nitrogens with two attached hydrogens (primary N) is 1. The summed E-state index contributed by atoms with van der Waals surface area (Å²) in [4.78, 5) is 0. The number of anilines is 1. The Morgan fingerprint density at radius 1 is 1.38 bits per heavy atom. The summed E-state index contributed by atoms with van der Waals surface area (Å²) < 4.78 is 18.5. The van der Waals surface area contributed by atoms with Gasteiger partial charge in [0.05, 0.1) is 5.69 Å². The summed E-state index contributed by atoms with van der Waals surface area (Å²) >= 11 is 1.88. The van der Waals surface area contributed by atoms with E-state index in [0.29, 0.717) is 5.25 Å². The molecule has 0 spiro atoms. The largest absolute Gasteiger partial charge is 0.396 e. The normalized spacial score (nSPS) is 17.6. The van der Waals surface area contributed by atoms with Gasteiger partial charge >= 0.3 is 0 Å². The first kappa shape index (κ1) is 11.7. The molecule has 1 aliphatic rings. The lowest BCUT2D eigenvalue weighted by atomic mass is 10.2. The zero-order valence-corrected chi connectivity index (χ0v) is 9.93. The highest BCUT2D eigenvalue weighted by atomic mass is 32.2. The molecule has 0 aliphatic carbocycles. The van der Waals surface area contributed by atoms with Crippen molar-refractivity contribution in [1.82, 2.24) is 0 Å². The van der Waals surface area contributed by atoms with Crippen LogP contribution in [0.1, 0.15) is 18.4 Å². The topological polar surface area (TPSA) is 35.2 Å². The molecule has 4 heteroatoms. The van der Waals surface area contributed by atoms with Crippen LogP contribution >= 0.6 is 11.8 Å². The summed E-state index contributed by atoms with van der Waals surface area (Å²) in [5.41, 5.74) is 6.65. The summed E-state index contributed by atoms with van der Waals surface area (Å²) in [5, 5.41) is 0.648. The van der Waals surface area contributed by atoms with Gasteiger partial charge < -0.3 is 10.5 Å². The van der Waals surface area contributed by atoms with Gasteiger partial charge in [0, 0.05) is 24.2 Å². The average molecular weight is 241 g/mol. The van der Waals surface area contributed by atoms with Crippen molar-refractivity contribution in [3.8, 4) is 0 Å². The van der Waals surface area contributed by atoms with Gasteiger partial charge in [-0.1, -0.05) is 6.07 Å². The maximum Gasteiger partial charge on any atom is 0.146 e. The van der Waals surface area contributed by atoms with E-state index < -0.39 is 0 Å². The summed E-state index contributed by atoms with van der Waals surface area (Å²) in [7, 11) is 0. The van der Waals surface area contributed by atoms with Crippen LogP contribution in [-0.2, 0) is 10.5 Å². The third-order valence-electron chi connectivity index (χ3n) is 2.72. The number of hydrogen-bond acceptors (Lipinski definition) is 3. The predicted molar refractivity (Wildman–Crippen MR) is 65.9 cm³/mol. The summed E-state index contributed by atoms with van der Waals surface area (Å²) in [5.74, 6) is 0.534. The molecule has 0 saturated carbocycles. The fourth-order valence-corrected chi connectivity index (χ4v) is 2.85. The molecule has 0 radical (unpaired) electrons. The van der Waals surface area contributed by atoms with Crippen LogP contribution in [0.4, 0.5) is 10.1 Å². The second kappa shape index (κ2) is 5.55. The van der Waals surface area contributed by atoms with Crippen LogP contribution in [0, 0.1) is 5.82 Å². The van der Waals surface area contributed by atoms with Crippen molar-refractivity contribution in [2.45, 2.75) is 23.8 Å². The van der Waals surface area contributed by atoms with E-state index in [1.807, 2.05) is 17.8 Å². The minimum Gasteiger partial charge on any atom is -0.396 e. The highest BCUT2D eigenvalue weighted by Crippen LogP contribution is 2.26. The Morgan fingerprint density at radius 2 is 2.12 bits per heavy atom. The lowest BCUT2D eigenvalue weighted by molar-refractivity contribution is 0.1000. The molecule has 0 atom stereocenters. The highest BCUT2D eigenvalue weighted by molar-refractivity contribution is 7.99. The van der Waals surface area contributed by atoms with Crippen molar-refractivity contribution in [2.24, 2.45) is 0 Å². The van der Waals surface area contributed by atoms with E-state index in [-0.39, 0.29) is 11.5 Å². The third-order valence-corrected chi connectivity index (χ3v) is 4.16. The van der Waals surface area contributed by atoms with E-state index in [1.165, 1.54) is 6.07 Å². The predicted octanol–water partition coefficient (Wildman–Crippen LogP) is 2.82. The van der Waals surface area contributed by atoms with Crippen molar-refractivity contribution < 1.29 is 9.13 Å². The van der Waals surface area contributed by atoms with Gasteiger partial charge in [-0.3, -0.25) is 0 Å². The Kier molecular flexibility index (Phi) is 4.07. The van der Waals surface area contributed by atoms with E-state index in [9.17, 15) is 4.39 Å². The van der Waals surface area contributed by atoms with Crippen LogP contribution in [0.3, 0.4) is 0 Å². The number of ether oxygens (including phenoxy) is 1. The Balaban J connectivity index is 1.86. The lowest BCUT2D eigenvalue weighted by Crippen LogP contribution is -2.17. The molecule has 1 aromatic rings. The first-order chi connectivity index (χ1) is 7.75. The molecule has 2 rings (SSSR count). The van der Waals surface area contributed by atoms with Crippen molar-refractivity contribution in [3.63, 3.8) is 0 Å². The minimum absolute atomic E-state index is 0.222. The maximum absolute atomic E-state index is 13.2. The fraction of sp³-hybridized carbons (Fsp3) is 0.500. The van der Waals surface area contributed by atoms with Gasteiger partial charge in [0.25, 0.3) is 0 Å². The van der Waals surface area contributed by atoms with E-state index in [1.54, 1.807) is 6.07 Å². The molecule has 0 aromatic heterocycles. The lowest BCUT2D eigenvalue weighted by Gasteiger charge is -2.21. The second-order valence-electron chi connectivity index (χ2n) is 3.98. The Hall–Kier alpha value is -0.740. The van der Waals surface area contributed by atoms with Crippen LogP contribution in [0.5, 0.6) is 0 Å². The van der Waals surface area contributed by atoms with Crippen molar-refractivity contribution in [3.05, 3.63) is 29.6 Å². The van der Waals surface area contributed by atoms with Gasteiger partial charge in [-0.2, -0.15) is 11.8 Å². The molecular weight excluding hydrogens is 225 g/mol. The first-order valence-electron chi connectivity index (χ1n) is 5.49. The molecule has 1 saturated heterocycles. The number of benzene rings is 1. The molecule has 0 unspecified atom stereocenters. The number of thioether (sulfide) groups is 1. The summed E-state index contributed by atoms with van der Waals surface area (Å²) in [6.45, 7) is 1.71. The van der Waals surface area contributed by atoms with Crippen molar-refractivity contribution in [1.29, 1.82) is 0 Å². The number of nitrogen functional groups attached to an aromatic ring is 1. The molecular formula is C12H16FNOS. The monoisotopic (exact) mass is 241 g/mol. The van der Waals surface area contributed by atoms with Gasteiger partial charge in [-0.15, -0.1) is 0 Å². The van der Waals surface area contributed by atoms with Crippen molar-refractivity contribution >= 4 is 17.4 Å². The van der Waals surface area contributed by atoms with Crippen LogP contribution in [0.2, 0.25) is 0 Å². The van der Waals surface area contributed by atoms with Crippen LogP contribution in [0.15, 0.2) is 18.2 Å². The molecule has 1 heterocycles. The van der Waals surface area contributed by atoms with Crippen LogP contribution < -0.4 is 5.73 Å². The SMILES string of the molecule is Nc1ccc(CSC2CCOCC2)cc1F. The van der Waals surface area contributed by atoms with Gasteiger partial charge in [-0.05, 0) is 30.5 Å². The fourth-order valence-electron chi connectivity index (χ4n) is 1.72. The molecule has 16 heavy (non-hydrogen) atoms. The van der Waals surface area contributed by atoms with Gasteiger partial charge in [0.1, 0.15) is 5.82 Å². The van der Waals surface area contributed by atoms with Crippen LogP contribution in [0.25, 0.3) is 0 Å². The Morgan fingerprint density at radius 3 is 2.81 bits per heavy atom. The van der Waals surface area contributed by atoms with E-state index in [0.717, 1.165) is 37.4 Å². The van der Waals surface area contributed by atoms with Crippen molar-refractivity contribution in [2.75, 3.05) is 18.9 Å². The molecule has 2 N–H and O–H groups in total. The minimum atomic E-state index is -0.315. The number of halogens is 1. The molecule has 1 fully saturated rings. The number of hydrogen-bond donors (Lipinski definition) is 1. The van der Waals surface area contributed by atoms with E-state index in [2.05, 4.69) is 0 Å². The number of rotatable bonds is 3. The van der Waals surface area contributed by atoms with Gasteiger partial charge in [0.15, 0.2) is 0 Å². The molecule has 0 bridgehead atoms. The molecule has 1 aromatic carbocycles. The standard InChI is InChI=1S/C12H16FNOS/c13-11-7-9(1-2-12(11)14)8-16-10-3-5-15-6-4-10/h1-2,7,10H,3-6,8,14H2. The van der Waals surface area contributed by atoms with Crippen LogP contribution in [-0.4, -0.2) is 18.5 Å². The van der Waals surface area contributed by atoms with Gasteiger partial charge in [-0.25, -0.2) is 4.39 Å².